The van der Waals surface area contributed by atoms with E-state index in [1.165, 1.54) is 25.7 Å². The van der Waals surface area contributed by atoms with Crippen LogP contribution in [0.15, 0.2) is 0 Å². The van der Waals surface area contributed by atoms with Crippen LogP contribution in [0.1, 0.15) is 44.9 Å². The van der Waals surface area contributed by atoms with E-state index in [9.17, 15) is 8.42 Å². The number of rotatable bonds is 0. The standard InChI is InChI=1S/C13H23NO2S/c1-14-9-17(15,16)13-7-6-10-4-2-3-5-11(10)8-12(13)14/h10-13H,2-9H2,1H3. The molecule has 0 bridgehead atoms. The molecule has 0 spiro atoms. The van der Waals surface area contributed by atoms with E-state index in [0.29, 0.717) is 11.9 Å². The second kappa shape index (κ2) is 4.23. The third-order valence-corrected chi connectivity index (χ3v) is 7.51. The highest BCUT2D eigenvalue weighted by Crippen LogP contribution is 2.43. The Hall–Kier alpha value is -0.0900. The Kier molecular flexibility index (Phi) is 2.98. The summed E-state index contributed by atoms with van der Waals surface area (Å²) >= 11 is 0. The minimum absolute atomic E-state index is 0.0573. The molecule has 3 nitrogen and oxygen atoms in total. The lowest BCUT2D eigenvalue weighted by Crippen LogP contribution is -2.34. The van der Waals surface area contributed by atoms with Gasteiger partial charge in [-0.25, -0.2) is 8.42 Å². The average Bonchev–Trinajstić information content (AvgIpc) is 2.45. The first-order valence-electron chi connectivity index (χ1n) is 7.00. The molecule has 2 saturated carbocycles. The first kappa shape index (κ1) is 12.0. The highest BCUT2D eigenvalue weighted by atomic mass is 32.2. The summed E-state index contributed by atoms with van der Waals surface area (Å²) in [6.45, 7) is 0. The fraction of sp³-hybridized carbons (Fsp3) is 1.00. The van der Waals surface area contributed by atoms with Gasteiger partial charge in [-0.2, -0.15) is 0 Å². The molecule has 4 unspecified atom stereocenters. The van der Waals surface area contributed by atoms with Crippen LogP contribution in [-0.4, -0.2) is 37.5 Å². The molecule has 3 aliphatic rings. The van der Waals surface area contributed by atoms with Crippen molar-refractivity contribution in [1.29, 1.82) is 0 Å². The average molecular weight is 257 g/mol. The van der Waals surface area contributed by atoms with Crippen LogP contribution in [0, 0.1) is 11.8 Å². The molecule has 3 rings (SSSR count). The lowest BCUT2D eigenvalue weighted by molar-refractivity contribution is 0.186. The first-order chi connectivity index (χ1) is 8.08. The number of sulfone groups is 1. The lowest BCUT2D eigenvalue weighted by Gasteiger charge is -2.32. The molecule has 0 aromatic rings. The number of hydrogen-bond donors (Lipinski definition) is 0. The molecule has 17 heavy (non-hydrogen) atoms. The summed E-state index contributed by atoms with van der Waals surface area (Å²) in [4.78, 5) is 2.09. The third kappa shape index (κ3) is 2.03. The highest BCUT2D eigenvalue weighted by molar-refractivity contribution is 7.92. The molecule has 4 heteroatoms. The van der Waals surface area contributed by atoms with Crippen LogP contribution in [0.3, 0.4) is 0 Å². The van der Waals surface area contributed by atoms with E-state index in [1.807, 2.05) is 7.05 Å². The third-order valence-electron chi connectivity index (χ3n) is 5.27. The molecule has 0 amide bonds. The van der Waals surface area contributed by atoms with Crippen LogP contribution < -0.4 is 0 Å². The van der Waals surface area contributed by atoms with Gasteiger partial charge < -0.3 is 0 Å². The van der Waals surface area contributed by atoms with Gasteiger partial charge in [0.15, 0.2) is 9.84 Å². The van der Waals surface area contributed by atoms with Crippen molar-refractivity contribution in [2.45, 2.75) is 56.2 Å². The summed E-state index contributed by atoms with van der Waals surface area (Å²) in [5.74, 6) is 1.91. The summed E-state index contributed by atoms with van der Waals surface area (Å²) in [7, 11) is -0.845. The van der Waals surface area contributed by atoms with E-state index >= 15 is 0 Å². The zero-order valence-electron chi connectivity index (χ0n) is 10.6. The van der Waals surface area contributed by atoms with Crippen LogP contribution in [0.4, 0.5) is 0 Å². The van der Waals surface area contributed by atoms with Gasteiger partial charge in [0.25, 0.3) is 0 Å². The molecule has 0 aromatic heterocycles. The second-order valence-electron chi connectivity index (χ2n) is 6.27. The van der Waals surface area contributed by atoms with E-state index < -0.39 is 9.84 Å². The van der Waals surface area contributed by atoms with Gasteiger partial charge in [0.2, 0.25) is 0 Å². The van der Waals surface area contributed by atoms with Gasteiger partial charge in [-0.15, -0.1) is 0 Å². The molecule has 1 saturated heterocycles. The summed E-state index contributed by atoms with van der Waals surface area (Å²) in [5.41, 5.74) is 0. The van der Waals surface area contributed by atoms with Gasteiger partial charge in [-0.05, 0) is 38.1 Å². The monoisotopic (exact) mass is 257 g/mol. The topological polar surface area (TPSA) is 37.4 Å². The molecule has 0 aromatic carbocycles. The van der Waals surface area contributed by atoms with Crippen molar-refractivity contribution in [1.82, 2.24) is 4.90 Å². The Morgan fingerprint density at radius 3 is 2.47 bits per heavy atom. The van der Waals surface area contributed by atoms with Crippen molar-refractivity contribution in [3.8, 4) is 0 Å². The Morgan fingerprint density at radius 1 is 1.00 bits per heavy atom. The molecule has 1 aliphatic heterocycles. The molecular formula is C13H23NO2S. The summed E-state index contributed by atoms with van der Waals surface area (Å²) in [5, 5.41) is -0.0573. The van der Waals surface area contributed by atoms with E-state index in [4.69, 9.17) is 0 Å². The summed E-state index contributed by atoms with van der Waals surface area (Å²) in [6, 6.07) is 0.313. The molecular weight excluding hydrogens is 234 g/mol. The smallest absolute Gasteiger partial charge is 0.167 e. The Bertz CT molecular complexity index is 392. The van der Waals surface area contributed by atoms with E-state index in [0.717, 1.165) is 31.1 Å². The van der Waals surface area contributed by atoms with Gasteiger partial charge in [0.1, 0.15) is 5.88 Å². The molecule has 2 aliphatic carbocycles. The second-order valence-corrected chi connectivity index (χ2v) is 8.46. The number of hydrogen-bond acceptors (Lipinski definition) is 3. The first-order valence-corrected chi connectivity index (χ1v) is 8.71. The largest absolute Gasteiger partial charge is 0.289 e. The highest BCUT2D eigenvalue weighted by Gasteiger charge is 2.47. The SMILES string of the molecule is CN1CS(=O)(=O)C2CCC3CCCCC3CC21. The van der Waals surface area contributed by atoms with Crippen LogP contribution in [-0.2, 0) is 9.84 Å². The Balaban J connectivity index is 1.85. The maximum Gasteiger partial charge on any atom is 0.167 e. The predicted molar refractivity (Wildman–Crippen MR) is 68.4 cm³/mol. The molecule has 0 N–H and O–H groups in total. The van der Waals surface area contributed by atoms with Gasteiger partial charge in [0, 0.05) is 6.04 Å². The molecule has 3 fully saturated rings. The normalized spacial score (nSPS) is 45.9. The molecule has 1 heterocycles. The zero-order valence-corrected chi connectivity index (χ0v) is 11.5. The van der Waals surface area contributed by atoms with Crippen LogP contribution in [0.25, 0.3) is 0 Å². The fourth-order valence-electron chi connectivity index (χ4n) is 4.37. The minimum Gasteiger partial charge on any atom is -0.289 e. The van der Waals surface area contributed by atoms with Gasteiger partial charge in [-0.1, -0.05) is 25.7 Å². The van der Waals surface area contributed by atoms with Crippen molar-refractivity contribution in [3.05, 3.63) is 0 Å². The van der Waals surface area contributed by atoms with E-state index in [1.54, 1.807) is 0 Å². The fourth-order valence-corrected chi connectivity index (χ4v) is 6.61. The van der Waals surface area contributed by atoms with E-state index in [2.05, 4.69) is 4.90 Å². The number of nitrogens with zero attached hydrogens (tertiary/aromatic N) is 1. The Labute approximate surface area is 104 Å². The van der Waals surface area contributed by atoms with Crippen LogP contribution >= 0.6 is 0 Å². The Morgan fingerprint density at radius 2 is 1.71 bits per heavy atom. The van der Waals surface area contributed by atoms with Crippen molar-refractivity contribution in [2.75, 3.05) is 12.9 Å². The van der Waals surface area contributed by atoms with Crippen LogP contribution in [0.5, 0.6) is 0 Å². The summed E-state index contributed by atoms with van der Waals surface area (Å²) < 4.78 is 24.2. The molecule has 98 valence electrons. The molecule has 0 radical (unpaired) electrons. The zero-order chi connectivity index (χ0) is 12.0. The maximum absolute atomic E-state index is 12.1. The summed E-state index contributed by atoms with van der Waals surface area (Å²) in [6.07, 6.45) is 8.59. The van der Waals surface area contributed by atoms with Crippen molar-refractivity contribution in [3.63, 3.8) is 0 Å². The minimum atomic E-state index is -2.84. The predicted octanol–water partition coefficient (Wildman–Crippen LogP) is 2.03. The molecule has 4 atom stereocenters. The lowest BCUT2D eigenvalue weighted by atomic mass is 9.76. The number of fused-ring (bicyclic) bond motifs is 2. The van der Waals surface area contributed by atoms with Crippen molar-refractivity contribution >= 4 is 9.84 Å². The van der Waals surface area contributed by atoms with Crippen LogP contribution in [0.2, 0.25) is 0 Å². The van der Waals surface area contributed by atoms with Gasteiger partial charge in [-0.3, -0.25) is 4.90 Å². The van der Waals surface area contributed by atoms with Crippen molar-refractivity contribution in [2.24, 2.45) is 11.8 Å². The van der Waals surface area contributed by atoms with Crippen molar-refractivity contribution < 1.29 is 8.42 Å². The maximum atomic E-state index is 12.1. The van der Waals surface area contributed by atoms with Gasteiger partial charge >= 0.3 is 0 Å². The van der Waals surface area contributed by atoms with E-state index in [-0.39, 0.29) is 5.25 Å². The van der Waals surface area contributed by atoms with Gasteiger partial charge in [0.05, 0.1) is 5.25 Å². The quantitative estimate of drug-likeness (QED) is 0.666.